The molecule has 0 radical (unpaired) electrons. The van der Waals surface area contributed by atoms with Gasteiger partial charge in [-0.2, -0.15) is 0 Å². The van der Waals surface area contributed by atoms with Crippen LogP contribution in [0.2, 0.25) is 0 Å². The Labute approximate surface area is 129 Å². The lowest BCUT2D eigenvalue weighted by atomic mass is 10.0. The molecule has 1 aliphatic heterocycles. The zero-order valence-corrected chi connectivity index (χ0v) is 12.9. The molecule has 122 valence electrons. The molecule has 0 aromatic rings. The van der Waals surface area contributed by atoms with E-state index in [9.17, 15) is 19.2 Å². The van der Waals surface area contributed by atoms with Crippen LogP contribution in [0.15, 0.2) is 12.7 Å². The van der Waals surface area contributed by atoms with E-state index in [1.165, 1.54) is 6.08 Å². The number of nitrogens with zero attached hydrogens (tertiary/aromatic N) is 2. The predicted octanol–water partition coefficient (Wildman–Crippen LogP) is -0.547. The lowest BCUT2D eigenvalue weighted by Crippen LogP contribution is -2.47. The van der Waals surface area contributed by atoms with Gasteiger partial charge in [-0.15, -0.1) is 6.58 Å². The van der Waals surface area contributed by atoms with Crippen LogP contribution in [0, 0.1) is 5.92 Å². The number of urea groups is 1. The van der Waals surface area contributed by atoms with Crippen molar-refractivity contribution >= 4 is 23.8 Å². The summed E-state index contributed by atoms with van der Waals surface area (Å²) in [6, 6.07) is -1.04. The minimum absolute atomic E-state index is 0.0691. The molecule has 1 aliphatic rings. The molecular weight excluding hydrogens is 288 g/mol. The van der Waals surface area contributed by atoms with Gasteiger partial charge in [-0.1, -0.05) is 19.9 Å². The van der Waals surface area contributed by atoms with Crippen molar-refractivity contribution in [3.63, 3.8) is 0 Å². The third kappa shape index (κ3) is 4.14. The van der Waals surface area contributed by atoms with E-state index < -0.39 is 30.3 Å². The van der Waals surface area contributed by atoms with Crippen molar-refractivity contribution < 1.29 is 19.2 Å². The van der Waals surface area contributed by atoms with Crippen molar-refractivity contribution in [1.29, 1.82) is 0 Å². The molecule has 22 heavy (non-hydrogen) atoms. The number of carbonyl (C=O) groups is 4. The van der Waals surface area contributed by atoms with Gasteiger partial charge in [0.25, 0.3) is 0 Å². The third-order valence-electron chi connectivity index (χ3n) is 3.15. The fourth-order valence-electron chi connectivity index (χ4n) is 2.18. The predicted molar refractivity (Wildman–Crippen MR) is 79.5 cm³/mol. The zero-order chi connectivity index (χ0) is 16.9. The molecule has 8 heteroatoms. The molecule has 0 saturated carbocycles. The minimum atomic E-state index is -1.00. The summed E-state index contributed by atoms with van der Waals surface area (Å²) in [5.74, 6) is -2.13. The standard InChI is InChI=1S/C14H22N4O4/c1-4-5-17-12(20)13(21)18(14(17)22)8-11(19)16-10(7-15)6-9(2)3/h4,9-10H,1,5-8,15H2,2-3H3,(H,16,19). The first-order valence-electron chi connectivity index (χ1n) is 7.09. The van der Waals surface area contributed by atoms with Crippen LogP contribution in [-0.4, -0.2) is 59.2 Å². The normalized spacial score (nSPS) is 16.5. The number of hydrogen-bond donors (Lipinski definition) is 2. The fraction of sp³-hybridized carbons (Fsp3) is 0.571. The number of hydrogen-bond acceptors (Lipinski definition) is 5. The largest absolute Gasteiger partial charge is 0.351 e. The van der Waals surface area contributed by atoms with Gasteiger partial charge in [0.15, 0.2) is 0 Å². The van der Waals surface area contributed by atoms with Gasteiger partial charge in [0.05, 0.1) is 0 Å². The minimum Gasteiger partial charge on any atom is -0.351 e. The van der Waals surface area contributed by atoms with Crippen molar-refractivity contribution in [3.05, 3.63) is 12.7 Å². The van der Waals surface area contributed by atoms with E-state index in [0.717, 1.165) is 4.90 Å². The maximum Gasteiger partial charge on any atom is 0.335 e. The molecule has 1 rings (SSSR count). The number of nitrogens with one attached hydrogen (secondary N) is 1. The Hall–Kier alpha value is -2.22. The van der Waals surface area contributed by atoms with E-state index in [2.05, 4.69) is 11.9 Å². The van der Waals surface area contributed by atoms with E-state index in [1.807, 2.05) is 13.8 Å². The van der Waals surface area contributed by atoms with Gasteiger partial charge in [-0.05, 0) is 12.3 Å². The van der Waals surface area contributed by atoms with Crippen LogP contribution in [0.3, 0.4) is 0 Å². The molecule has 1 atom stereocenters. The van der Waals surface area contributed by atoms with Crippen LogP contribution in [0.4, 0.5) is 4.79 Å². The SMILES string of the molecule is C=CCN1C(=O)C(=O)N(CC(=O)NC(CN)CC(C)C)C1=O. The summed E-state index contributed by atoms with van der Waals surface area (Å²) in [5, 5.41) is 2.67. The number of amides is 5. The lowest BCUT2D eigenvalue weighted by molar-refractivity contribution is -0.143. The Balaban J connectivity index is 2.67. The highest BCUT2D eigenvalue weighted by molar-refractivity contribution is 6.45. The molecule has 1 unspecified atom stereocenters. The molecule has 0 bridgehead atoms. The molecule has 1 heterocycles. The summed E-state index contributed by atoms with van der Waals surface area (Å²) in [4.78, 5) is 48.6. The number of carbonyl (C=O) groups excluding carboxylic acids is 4. The molecular formula is C14H22N4O4. The summed E-state index contributed by atoms with van der Waals surface area (Å²) in [7, 11) is 0. The first kappa shape index (κ1) is 17.8. The molecule has 0 spiro atoms. The molecule has 0 aromatic carbocycles. The van der Waals surface area contributed by atoms with Crippen LogP contribution < -0.4 is 11.1 Å². The van der Waals surface area contributed by atoms with E-state index >= 15 is 0 Å². The van der Waals surface area contributed by atoms with Crippen molar-refractivity contribution in [3.8, 4) is 0 Å². The topological polar surface area (TPSA) is 113 Å². The molecule has 0 aromatic heterocycles. The second-order valence-corrected chi connectivity index (χ2v) is 5.51. The molecule has 0 aliphatic carbocycles. The van der Waals surface area contributed by atoms with E-state index in [-0.39, 0.29) is 19.1 Å². The Morgan fingerprint density at radius 1 is 1.27 bits per heavy atom. The van der Waals surface area contributed by atoms with Crippen LogP contribution in [-0.2, 0) is 14.4 Å². The van der Waals surface area contributed by atoms with Gasteiger partial charge in [-0.25, -0.2) is 9.69 Å². The van der Waals surface area contributed by atoms with Crippen molar-refractivity contribution in [2.24, 2.45) is 11.7 Å². The van der Waals surface area contributed by atoms with Crippen molar-refractivity contribution in [2.75, 3.05) is 19.6 Å². The lowest BCUT2D eigenvalue weighted by Gasteiger charge is -2.20. The first-order chi connectivity index (χ1) is 10.3. The summed E-state index contributed by atoms with van der Waals surface area (Å²) in [6.07, 6.45) is 2.02. The Bertz CT molecular complexity index is 489. The van der Waals surface area contributed by atoms with Crippen molar-refractivity contribution in [2.45, 2.75) is 26.3 Å². The maximum atomic E-state index is 11.9. The number of rotatable bonds is 8. The summed E-state index contributed by atoms with van der Waals surface area (Å²) >= 11 is 0. The highest BCUT2D eigenvalue weighted by atomic mass is 16.2. The molecule has 8 nitrogen and oxygen atoms in total. The highest BCUT2D eigenvalue weighted by Crippen LogP contribution is 2.11. The van der Waals surface area contributed by atoms with E-state index in [0.29, 0.717) is 17.2 Å². The average Bonchev–Trinajstić information content (AvgIpc) is 2.64. The number of imide groups is 2. The zero-order valence-electron chi connectivity index (χ0n) is 12.9. The van der Waals surface area contributed by atoms with Crippen LogP contribution in [0.25, 0.3) is 0 Å². The van der Waals surface area contributed by atoms with Crippen LogP contribution >= 0.6 is 0 Å². The molecule has 5 amide bonds. The second kappa shape index (κ2) is 7.69. The van der Waals surface area contributed by atoms with Gasteiger partial charge < -0.3 is 11.1 Å². The van der Waals surface area contributed by atoms with Crippen molar-refractivity contribution in [1.82, 2.24) is 15.1 Å². The van der Waals surface area contributed by atoms with Gasteiger partial charge in [0.2, 0.25) is 5.91 Å². The van der Waals surface area contributed by atoms with Gasteiger partial charge in [0.1, 0.15) is 6.54 Å². The Kier molecular flexibility index (Phi) is 6.24. The van der Waals surface area contributed by atoms with Gasteiger partial charge in [0, 0.05) is 19.1 Å². The molecule has 1 saturated heterocycles. The number of nitrogens with two attached hydrogens (primary N) is 1. The van der Waals surface area contributed by atoms with E-state index in [1.54, 1.807) is 0 Å². The summed E-state index contributed by atoms with van der Waals surface area (Å²) in [6.45, 7) is 7.10. The monoisotopic (exact) mass is 310 g/mol. The van der Waals surface area contributed by atoms with E-state index in [4.69, 9.17) is 5.73 Å². The van der Waals surface area contributed by atoms with Gasteiger partial charge >= 0.3 is 17.8 Å². The van der Waals surface area contributed by atoms with Crippen LogP contribution in [0.5, 0.6) is 0 Å². The Morgan fingerprint density at radius 3 is 2.36 bits per heavy atom. The third-order valence-corrected chi connectivity index (χ3v) is 3.15. The quantitative estimate of drug-likeness (QED) is 0.355. The fourth-order valence-corrected chi connectivity index (χ4v) is 2.18. The summed E-state index contributed by atoms with van der Waals surface area (Å²) in [5.41, 5.74) is 5.58. The second-order valence-electron chi connectivity index (χ2n) is 5.51. The average molecular weight is 310 g/mol. The Morgan fingerprint density at radius 2 is 1.86 bits per heavy atom. The first-order valence-corrected chi connectivity index (χ1v) is 7.09. The molecule has 1 fully saturated rings. The molecule has 3 N–H and O–H groups in total. The smallest absolute Gasteiger partial charge is 0.335 e. The maximum absolute atomic E-state index is 11.9. The summed E-state index contributed by atoms with van der Waals surface area (Å²) < 4.78 is 0. The van der Waals surface area contributed by atoms with Crippen LogP contribution in [0.1, 0.15) is 20.3 Å². The van der Waals surface area contributed by atoms with Gasteiger partial charge in [-0.3, -0.25) is 19.3 Å². The highest BCUT2D eigenvalue weighted by Gasteiger charge is 2.44.